The third-order valence-corrected chi connectivity index (χ3v) is 3.03. The van der Waals surface area contributed by atoms with Gasteiger partial charge in [-0.15, -0.1) is 0 Å². The predicted octanol–water partition coefficient (Wildman–Crippen LogP) is 1.05. The minimum atomic E-state index is -1.03. The molecule has 0 radical (unpaired) electrons. The molecule has 0 atom stereocenters. The van der Waals surface area contributed by atoms with E-state index in [1.165, 1.54) is 0 Å². The fraction of sp³-hybridized carbons (Fsp3) is 0.417. The van der Waals surface area contributed by atoms with Crippen molar-refractivity contribution in [2.75, 3.05) is 19.7 Å². The van der Waals surface area contributed by atoms with Gasteiger partial charge in [-0.2, -0.15) is 0 Å². The molecule has 1 saturated heterocycles. The van der Waals surface area contributed by atoms with Crippen molar-refractivity contribution in [3.05, 3.63) is 29.0 Å². The van der Waals surface area contributed by atoms with E-state index in [0.717, 1.165) is 0 Å². The number of rotatable bonds is 4. The highest BCUT2D eigenvalue weighted by atomic mass is 35.5. The Balaban J connectivity index is 1.93. The van der Waals surface area contributed by atoms with Crippen LogP contribution in [0.2, 0.25) is 5.15 Å². The van der Waals surface area contributed by atoms with Crippen molar-refractivity contribution >= 4 is 23.5 Å². The van der Waals surface area contributed by atoms with E-state index in [0.29, 0.717) is 13.1 Å². The topological polar surface area (TPSA) is 79.7 Å². The Morgan fingerprint density at radius 2 is 2.21 bits per heavy atom. The second-order valence-electron chi connectivity index (χ2n) is 4.64. The van der Waals surface area contributed by atoms with Crippen LogP contribution in [0.25, 0.3) is 0 Å². The normalized spacial score (nSPS) is 16.8. The molecule has 6 nitrogen and oxygen atoms in total. The largest absolute Gasteiger partial charge is 0.480 e. The number of likely N-dealkylation sites (tertiary alicyclic amines) is 1. The zero-order valence-electron chi connectivity index (χ0n) is 10.3. The average Bonchev–Trinajstić information content (AvgIpc) is 2.32. The lowest BCUT2D eigenvalue weighted by atomic mass is 9.96. The quantitative estimate of drug-likeness (QED) is 0.836. The number of halogens is 1. The summed E-state index contributed by atoms with van der Waals surface area (Å²) in [5, 5.41) is 8.81. The van der Waals surface area contributed by atoms with Gasteiger partial charge in [-0.1, -0.05) is 17.7 Å². The molecule has 2 heterocycles. The molecule has 0 spiro atoms. The molecule has 19 heavy (non-hydrogen) atoms. The smallest absolute Gasteiger partial charge is 0.329 e. The van der Waals surface area contributed by atoms with Crippen molar-refractivity contribution in [3.63, 3.8) is 0 Å². The molecular weight excluding hydrogens is 272 g/mol. The van der Waals surface area contributed by atoms with Crippen molar-refractivity contribution in [3.8, 4) is 0 Å². The number of nitrogens with zero attached hydrogens (tertiary/aromatic N) is 2. The zero-order valence-corrected chi connectivity index (χ0v) is 11.1. The summed E-state index contributed by atoms with van der Waals surface area (Å²) in [4.78, 5) is 27.9. The van der Waals surface area contributed by atoms with E-state index in [9.17, 15) is 9.59 Å². The predicted molar refractivity (Wildman–Crippen MR) is 67.1 cm³/mol. The Bertz CT molecular complexity index is 514. The Kier molecular flexibility index (Phi) is 3.73. The number of pyridine rings is 1. The summed E-state index contributed by atoms with van der Waals surface area (Å²) in [6, 6.07) is 4.83. The van der Waals surface area contributed by atoms with E-state index >= 15 is 0 Å². The lowest BCUT2D eigenvalue weighted by Gasteiger charge is -2.47. The van der Waals surface area contributed by atoms with Crippen LogP contribution in [0.4, 0.5) is 0 Å². The van der Waals surface area contributed by atoms with Crippen molar-refractivity contribution in [2.24, 2.45) is 0 Å². The molecule has 102 valence electrons. The Labute approximate surface area is 114 Å². The molecular formula is C12H13ClN2O4. The third-order valence-electron chi connectivity index (χ3n) is 2.82. The number of aliphatic carboxylic acids is 1. The van der Waals surface area contributed by atoms with E-state index in [1.54, 1.807) is 30.0 Å². The number of aromatic nitrogens is 1. The van der Waals surface area contributed by atoms with E-state index in [4.69, 9.17) is 21.4 Å². The highest BCUT2D eigenvalue weighted by Gasteiger charge is 2.43. The molecule has 1 fully saturated rings. The molecule has 7 heteroatoms. The Morgan fingerprint density at radius 1 is 1.53 bits per heavy atom. The number of carbonyl (C=O) groups is 2. The number of carbonyl (C=O) groups excluding carboxylic acids is 1. The molecule has 0 aliphatic carbocycles. The van der Waals surface area contributed by atoms with Crippen LogP contribution in [0.5, 0.6) is 0 Å². The fourth-order valence-electron chi connectivity index (χ4n) is 1.92. The first-order valence-electron chi connectivity index (χ1n) is 5.67. The maximum absolute atomic E-state index is 12.0. The van der Waals surface area contributed by atoms with Gasteiger partial charge in [0.15, 0.2) is 0 Å². The maximum atomic E-state index is 12.0. The highest BCUT2D eigenvalue weighted by molar-refractivity contribution is 6.29. The van der Waals surface area contributed by atoms with Crippen LogP contribution in [-0.4, -0.2) is 52.2 Å². The van der Waals surface area contributed by atoms with Crippen LogP contribution in [0.3, 0.4) is 0 Å². The lowest BCUT2D eigenvalue weighted by Crippen LogP contribution is -2.63. The zero-order chi connectivity index (χ0) is 14.0. The third kappa shape index (κ3) is 3.21. The van der Waals surface area contributed by atoms with Gasteiger partial charge in [-0.25, -0.2) is 9.78 Å². The number of hydrogen-bond donors (Lipinski definition) is 1. The van der Waals surface area contributed by atoms with Crippen LogP contribution in [0, 0.1) is 0 Å². The lowest BCUT2D eigenvalue weighted by molar-refractivity contribution is -0.159. The highest BCUT2D eigenvalue weighted by Crippen LogP contribution is 2.26. The minimum absolute atomic E-state index is 0.237. The molecule has 0 aromatic carbocycles. The molecule has 1 aromatic heterocycles. The minimum Gasteiger partial charge on any atom is -0.480 e. The van der Waals surface area contributed by atoms with Gasteiger partial charge in [0.05, 0.1) is 13.1 Å². The Morgan fingerprint density at radius 3 is 2.79 bits per heavy atom. The first-order chi connectivity index (χ1) is 8.89. The van der Waals surface area contributed by atoms with Gasteiger partial charge < -0.3 is 14.7 Å². The SMILES string of the molecule is CC1(OCC(=O)O)CN(C(=O)c2cccc(Cl)n2)C1. The second kappa shape index (κ2) is 5.14. The van der Waals surface area contributed by atoms with Crippen LogP contribution < -0.4 is 0 Å². The summed E-state index contributed by atoms with van der Waals surface area (Å²) >= 11 is 5.72. The standard InChI is InChI=1S/C12H13ClN2O4/c1-12(19-5-10(16)17)6-15(7-12)11(18)8-3-2-4-9(13)14-8/h2-4H,5-7H2,1H3,(H,16,17). The van der Waals surface area contributed by atoms with E-state index in [2.05, 4.69) is 4.98 Å². The molecule has 1 aliphatic rings. The van der Waals surface area contributed by atoms with Crippen molar-refractivity contribution in [1.82, 2.24) is 9.88 Å². The van der Waals surface area contributed by atoms with Crippen molar-refractivity contribution in [1.29, 1.82) is 0 Å². The number of carboxylic acids is 1. The second-order valence-corrected chi connectivity index (χ2v) is 5.03. The number of hydrogen-bond acceptors (Lipinski definition) is 4. The number of carboxylic acid groups (broad SMARTS) is 1. The van der Waals surface area contributed by atoms with Gasteiger partial charge in [-0.3, -0.25) is 4.79 Å². The molecule has 1 amide bonds. The number of ether oxygens (including phenoxy) is 1. The molecule has 0 unspecified atom stereocenters. The first-order valence-corrected chi connectivity index (χ1v) is 6.05. The Hall–Kier alpha value is -1.66. The molecule has 2 rings (SSSR count). The maximum Gasteiger partial charge on any atom is 0.329 e. The summed E-state index contributed by atoms with van der Waals surface area (Å²) < 4.78 is 5.23. The molecule has 0 bridgehead atoms. The molecule has 1 N–H and O–H groups in total. The van der Waals surface area contributed by atoms with E-state index < -0.39 is 11.6 Å². The molecule has 1 aromatic rings. The monoisotopic (exact) mass is 284 g/mol. The van der Waals surface area contributed by atoms with Crippen LogP contribution in [0.1, 0.15) is 17.4 Å². The summed E-state index contributed by atoms with van der Waals surface area (Å²) in [5.41, 5.74) is -0.333. The van der Waals surface area contributed by atoms with E-state index in [1.807, 2.05) is 0 Å². The van der Waals surface area contributed by atoms with Gasteiger partial charge in [0.1, 0.15) is 23.1 Å². The summed E-state index contributed by atoms with van der Waals surface area (Å²) in [7, 11) is 0. The average molecular weight is 285 g/mol. The van der Waals surface area contributed by atoms with Crippen molar-refractivity contribution < 1.29 is 19.4 Å². The van der Waals surface area contributed by atoms with Gasteiger partial charge in [0.25, 0.3) is 5.91 Å². The first kappa shape index (κ1) is 13.8. The van der Waals surface area contributed by atoms with Crippen LogP contribution in [-0.2, 0) is 9.53 Å². The van der Waals surface area contributed by atoms with Gasteiger partial charge >= 0.3 is 5.97 Å². The molecule has 1 aliphatic heterocycles. The van der Waals surface area contributed by atoms with Gasteiger partial charge in [0.2, 0.25) is 0 Å². The van der Waals surface area contributed by atoms with Crippen molar-refractivity contribution in [2.45, 2.75) is 12.5 Å². The van der Waals surface area contributed by atoms with Crippen LogP contribution in [0.15, 0.2) is 18.2 Å². The molecule has 0 saturated carbocycles. The summed E-state index contributed by atoms with van der Waals surface area (Å²) in [5.74, 6) is -1.26. The summed E-state index contributed by atoms with van der Waals surface area (Å²) in [6.45, 7) is 2.08. The van der Waals surface area contributed by atoms with Gasteiger partial charge in [-0.05, 0) is 19.1 Å². The fourth-order valence-corrected chi connectivity index (χ4v) is 2.09. The van der Waals surface area contributed by atoms with Gasteiger partial charge in [0, 0.05) is 0 Å². The summed E-state index contributed by atoms with van der Waals surface area (Å²) in [6.07, 6.45) is 0. The van der Waals surface area contributed by atoms with E-state index in [-0.39, 0.29) is 23.4 Å². The number of amides is 1. The van der Waals surface area contributed by atoms with Crippen LogP contribution >= 0.6 is 11.6 Å².